The minimum Gasteiger partial charge on any atom is -0.496 e. The number of hydrogen-bond acceptors (Lipinski definition) is 2. The summed E-state index contributed by atoms with van der Waals surface area (Å²) in [4.78, 5) is 0. The van der Waals surface area contributed by atoms with Gasteiger partial charge in [-0.15, -0.1) is 0 Å². The molecule has 1 aliphatic carbocycles. The van der Waals surface area contributed by atoms with Crippen molar-refractivity contribution in [3.63, 3.8) is 0 Å². The standard InChI is InChI=1S/C15H20BrNO/c1-18-15-7-6-14(16)10-13(15)11-17-9-8-12-4-2-3-5-12/h4,6-7,10,17H,2-3,5,8-9,11H2,1H3. The van der Waals surface area contributed by atoms with Crippen LogP contribution in [0.3, 0.4) is 0 Å². The number of ether oxygens (including phenoxy) is 1. The Balaban J connectivity index is 1.80. The van der Waals surface area contributed by atoms with Crippen LogP contribution in [0.5, 0.6) is 5.75 Å². The van der Waals surface area contributed by atoms with E-state index in [4.69, 9.17) is 4.74 Å². The normalized spacial score (nSPS) is 14.7. The summed E-state index contributed by atoms with van der Waals surface area (Å²) in [6, 6.07) is 6.12. The van der Waals surface area contributed by atoms with Gasteiger partial charge in [0.2, 0.25) is 0 Å². The molecule has 1 aromatic rings. The molecule has 0 amide bonds. The van der Waals surface area contributed by atoms with Gasteiger partial charge in [-0.3, -0.25) is 0 Å². The topological polar surface area (TPSA) is 21.3 Å². The van der Waals surface area contributed by atoms with Crippen LogP contribution in [0.25, 0.3) is 0 Å². The third kappa shape index (κ3) is 3.85. The molecule has 0 aliphatic heterocycles. The first-order valence-electron chi connectivity index (χ1n) is 6.50. The highest BCUT2D eigenvalue weighted by atomic mass is 79.9. The van der Waals surface area contributed by atoms with E-state index in [1.165, 1.54) is 31.2 Å². The molecular formula is C15H20BrNO. The maximum absolute atomic E-state index is 5.36. The first-order chi connectivity index (χ1) is 8.79. The van der Waals surface area contributed by atoms with Gasteiger partial charge in [0.1, 0.15) is 5.75 Å². The molecule has 0 aromatic heterocycles. The van der Waals surface area contributed by atoms with Crippen LogP contribution in [0, 0.1) is 0 Å². The molecule has 0 heterocycles. The average Bonchev–Trinajstić information content (AvgIpc) is 2.88. The Bertz CT molecular complexity index is 429. The van der Waals surface area contributed by atoms with Crippen LogP contribution >= 0.6 is 15.9 Å². The molecule has 2 rings (SSSR count). The summed E-state index contributed by atoms with van der Waals surface area (Å²) in [5.41, 5.74) is 2.82. The fourth-order valence-electron chi connectivity index (χ4n) is 2.32. The maximum Gasteiger partial charge on any atom is 0.123 e. The number of nitrogens with one attached hydrogen (secondary N) is 1. The van der Waals surface area contributed by atoms with Gasteiger partial charge in [-0.05, 0) is 50.4 Å². The number of benzene rings is 1. The smallest absolute Gasteiger partial charge is 0.123 e. The van der Waals surface area contributed by atoms with E-state index in [9.17, 15) is 0 Å². The Morgan fingerprint density at radius 2 is 2.28 bits per heavy atom. The van der Waals surface area contributed by atoms with Gasteiger partial charge >= 0.3 is 0 Å². The zero-order chi connectivity index (χ0) is 12.8. The van der Waals surface area contributed by atoms with E-state index in [0.29, 0.717) is 0 Å². The molecule has 2 nitrogen and oxygen atoms in total. The number of hydrogen-bond donors (Lipinski definition) is 1. The Labute approximate surface area is 118 Å². The SMILES string of the molecule is COc1ccc(Br)cc1CNCCC1=CCCC1. The van der Waals surface area contributed by atoms with Crippen molar-refractivity contribution < 1.29 is 4.74 Å². The van der Waals surface area contributed by atoms with Crippen molar-refractivity contribution >= 4 is 15.9 Å². The molecule has 1 aliphatic rings. The fraction of sp³-hybridized carbons (Fsp3) is 0.467. The molecule has 0 fully saturated rings. The van der Waals surface area contributed by atoms with Crippen molar-refractivity contribution in [2.45, 2.75) is 32.2 Å². The first-order valence-corrected chi connectivity index (χ1v) is 7.30. The van der Waals surface area contributed by atoms with Crippen LogP contribution in [0.4, 0.5) is 0 Å². The second-order valence-corrected chi connectivity index (χ2v) is 5.55. The number of rotatable bonds is 6. The molecule has 1 aromatic carbocycles. The van der Waals surface area contributed by atoms with E-state index in [1.807, 2.05) is 12.1 Å². The molecule has 0 unspecified atom stereocenters. The van der Waals surface area contributed by atoms with Crippen molar-refractivity contribution in [1.82, 2.24) is 5.32 Å². The Morgan fingerprint density at radius 1 is 1.39 bits per heavy atom. The molecule has 0 saturated heterocycles. The lowest BCUT2D eigenvalue weighted by Gasteiger charge is -2.10. The van der Waals surface area contributed by atoms with Crippen LogP contribution in [-0.4, -0.2) is 13.7 Å². The van der Waals surface area contributed by atoms with Crippen molar-refractivity contribution in [3.8, 4) is 5.75 Å². The highest BCUT2D eigenvalue weighted by Crippen LogP contribution is 2.23. The molecule has 0 radical (unpaired) electrons. The summed E-state index contributed by atoms with van der Waals surface area (Å²) < 4.78 is 6.45. The van der Waals surface area contributed by atoms with Crippen molar-refractivity contribution in [2.75, 3.05) is 13.7 Å². The first kappa shape index (κ1) is 13.6. The highest BCUT2D eigenvalue weighted by Gasteiger charge is 2.05. The van der Waals surface area contributed by atoms with Crippen LogP contribution in [-0.2, 0) is 6.54 Å². The van der Waals surface area contributed by atoms with Gasteiger partial charge in [0.05, 0.1) is 7.11 Å². The van der Waals surface area contributed by atoms with Crippen molar-refractivity contribution in [1.29, 1.82) is 0 Å². The van der Waals surface area contributed by atoms with Crippen molar-refractivity contribution in [2.24, 2.45) is 0 Å². The minimum absolute atomic E-state index is 0.857. The monoisotopic (exact) mass is 309 g/mol. The Morgan fingerprint density at radius 3 is 3.00 bits per heavy atom. The van der Waals surface area contributed by atoms with E-state index < -0.39 is 0 Å². The Kier molecular flexibility index (Phi) is 5.26. The fourth-order valence-corrected chi connectivity index (χ4v) is 2.73. The number of allylic oxidation sites excluding steroid dienone is 1. The lowest BCUT2D eigenvalue weighted by Crippen LogP contribution is -2.15. The molecule has 0 atom stereocenters. The number of halogens is 1. The van der Waals surface area contributed by atoms with Crippen LogP contribution in [0.2, 0.25) is 0 Å². The van der Waals surface area contributed by atoms with Gasteiger partial charge in [0.15, 0.2) is 0 Å². The van der Waals surface area contributed by atoms with Gasteiger partial charge in [-0.1, -0.05) is 27.6 Å². The summed E-state index contributed by atoms with van der Waals surface area (Å²) in [6.45, 7) is 1.90. The van der Waals surface area contributed by atoms with Crippen LogP contribution in [0.15, 0.2) is 34.3 Å². The average molecular weight is 310 g/mol. The maximum atomic E-state index is 5.36. The molecule has 1 N–H and O–H groups in total. The largest absolute Gasteiger partial charge is 0.496 e. The third-order valence-electron chi connectivity index (χ3n) is 3.32. The molecular weight excluding hydrogens is 290 g/mol. The predicted octanol–water partition coefficient (Wildman–Crippen LogP) is 4.05. The van der Waals surface area contributed by atoms with E-state index in [-0.39, 0.29) is 0 Å². The summed E-state index contributed by atoms with van der Waals surface area (Å²) >= 11 is 3.50. The van der Waals surface area contributed by atoms with Crippen LogP contribution < -0.4 is 10.1 Å². The molecule has 0 spiro atoms. The summed E-state index contributed by atoms with van der Waals surface area (Å²) in [5, 5.41) is 3.49. The summed E-state index contributed by atoms with van der Waals surface area (Å²) in [5.74, 6) is 0.950. The quantitative estimate of drug-likeness (QED) is 0.632. The molecule has 18 heavy (non-hydrogen) atoms. The molecule has 0 bridgehead atoms. The van der Waals surface area contributed by atoms with Gasteiger partial charge < -0.3 is 10.1 Å². The van der Waals surface area contributed by atoms with E-state index in [2.05, 4.69) is 33.4 Å². The Hall–Kier alpha value is -0.800. The van der Waals surface area contributed by atoms with Gasteiger partial charge in [-0.25, -0.2) is 0 Å². The van der Waals surface area contributed by atoms with E-state index in [1.54, 1.807) is 12.7 Å². The van der Waals surface area contributed by atoms with Gasteiger partial charge in [0.25, 0.3) is 0 Å². The second-order valence-electron chi connectivity index (χ2n) is 4.64. The van der Waals surface area contributed by atoms with Gasteiger partial charge in [-0.2, -0.15) is 0 Å². The molecule has 98 valence electrons. The molecule has 3 heteroatoms. The van der Waals surface area contributed by atoms with E-state index in [0.717, 1.165) is 23.3 Å². The minimum atomic E-state index is 0.857. The molecule has 0 saturated carbocycles. The van der Waals surface area contributed by atoms with Crippen LogP contribution in [0.1, 0.15) is 31.2 Å². The highest BCUT2D eigenvalue weighted by molar-refractivity contribution is 9.10. The summed E-state index contributed by atoms with van der Waals surface area (Å²) in [7, 11) is 1.72. The zero-order valence-electron chi connectivity index (χ0n) is 10.8. The van der Waals surface area contributed by atoms with Gasteiger partial charge in [0, 0.05) is 16.6 Å². The van der Waals surface area contributed by atoms with E-state index >= 15 is 0 Å². The summed E-state index contributed by atoms with van der Waals surface area (Å²) in [6.07, 6.45) is 7.48. The lowest BCUT2D eigenvalue weighted by molar-refractivity contribution is 0.407. The third-order valence-corrected chi connectivity index (χ3v) is 3.81. The predicted molar refractivity (Wildman–Crippen MR) is 79.0 cm³/mol. The zero-order valence-corrected chi connectivity index (χ0v) is 12.4. The lowest BCUT2D eigenvalue weighted by atomic mass is 10.1. The second kappa shape index (κ2) is 6.95. The van der Waals surface area contributed by atoms with Crippen molar-refractivity contribution in [3.05, 3.63) is 39.9 Å². The number of methoxy groups -OCH3 is 1.